The number of guanidine groups is 1. The summed E-state index contributed by atoms with van der Waals surface area (Å²) in [6, 6.07) is -5.60. The number of aliphatic imine (C=N–C) groups is 1. The molecule has 0 aromatic carbocycles. The Bertz CT molecular complexity index is 844. The monoisotopic (exact) mass is 516 g/mol. The number of carbonyl (C=O) groups excluding carboxylic acids is 4. The van der Waals surface area contributed by atoms with Crippen molar-refractivity contribution in [2.45, 2.75) is 70.1 Å². The lowest BCUT2D eigenvalue weighted by Crippen LogP contribution is -2.58. The fraction of sp³-hybridized carbons (Fsp3) is 0.650. The third-order valence-electron chi connectivity index (χ3n) is 4.68. The zero-order valence-electron chi connectivity index (χ0n) is 20.2. The molecule has 204 valence electrons. The van der Waals surface area contributed by atoms with Crippen LogP contribution >= 0.6 is 0 Å². The number of amides is 4. The van der Waals surface area contributed by atoms with Gasteiger partial charge in [-0.2, -0.15) is 0 Å². The molecule has 13 N–H and O–H groups in total. The molecule has 0 aliphatic rings. The molecular formula is C20H36N8O8. The Labute approximate surface area is 207 Å². The van der Waals surface area contributed by atoms with Gasteiger partial charge >= 0.3 is 11.9 Å². The van der Waals surface area contributed by atoms with Crippen molar-refractivity contribution in [3.8, 4) is 0 Å². The summed E-state index contributed by atoms with van der Waals surface area (Å²) in [6.07, 6.45) is -0.970. The topological polar surface area (TPSA) is 295 Å². The highest BCUT2D eigenvalue weighted by Gasteiger charge is 2.32. The number of nitrogens with two attached hydrogens (primary N) is 4. The lowest BCUT2D eigenvalue weighted by atomic mass is 10.0. The number of rotatable bonds is 17. The van der Waals surface area contributed by atoms with Crippen LogP contribution in [0.15, 0.2) is 4.99 Å². The van der Waals surface area contributed by atoms with Gasteiger partial charge in [-0.05, 0) is 25.2 Å². The van der Waals surface area contributed by atoms with Gasteiger partial charge in [-0.15, -0.1) is 0 Å². The molecule has 4 unspecified atom stereocenters. The van der Waals surface area contributed by atoms with E-state index in [9.17, 15) is 39.0 Å². The number of hydrogen-bond donors (Lipinski definition) is 9. The van der Waals surface area contributed by atoms with Crippen molar-refractivity contribution in [1.29, 1.82) is 0 Å². The molecule has 36 heavy (non-hydrogen) atoms. The molecule has 0 radical (unpaired) electrons. The van der Waals surface area contributed by atoms with E-state index >= 15 is 0 Å². The van der Waals surface area contributed by atoms with E-state index in [0.717, 1.165) is 0 Å². The van der Waals surface area contributed by atoms with Crippen LogP contribution in [0.3, 0.4) is 0 Å². The SMILES string of the molecule is CC(C)CC(NC(=O)C(CC(=O)O)NC(=O)C(N)CCCN=C(N)N)C(=O)NC(CC(N)=O)C(=O)O. The van der Waals surface area contributed by atoms with Crippen molar-refractivity contribution in [1.82, 2.24) is 16.0 Å². The molecule has 0 saturated carbocycles. The molecule has 0 heterocycles. The second-order valence-electron chi connectivity index (χ2n) is 8.47. The summed E-state index contributed by atoms with van der Waals surface area (Å²) in [5, 5.41) is 25.1. The minimum absolute atomic E-state index is 0.0402. The van der Waals surface area contributed by atoms with Gasteiger partial charge in [-0.1, -0.05) is 13.8 Å². The van der Waals surface area contributed by atoms with Crippen molar-refractivity contribution in [3.63, 3.8) is 0 Å². The van der Waals surface area contributed by atoms with Gasteiger partial charge in [0.15, 0.2) is 5.96 Å². The van der Waals surface area contributed by atoms with Crippen molar-refractivity contribution in [2.24, 2.45) is 33.8 Å². The molecule has 0 bridgehead atoms. The number of primary amides is 1. The van der Waals surface area contributed by atoms with Gasteiger partial charge in [0.05, 0.1) is 18.9 Å². The normalized spacial score (nSPS) is 14.0. The molecule has 0 rings (SSSR count). The summed E-state index contributed by atoms with van der Waals surface area (Å²) in [7, 11) is 0. The highest BCUT2D eigenvalue weighted by molar-refractivity contribution is 5.96. The molecule has 0 aromatic heterocycles. The third kappa shape index (κ3) is 13.7. The first-order chi connectivity index (χ1) is 16.6. The van der Waals surface area contributed by atoms with Crippen LogP contribution < -0.4 is 38.9 Å². The first-order valence-electron chi connectivity index (χ1n) is 11.1. The molecule has 16 nitrogen and oxygen atoms in total. The van der Waals surface area contributed by atoms with Crippen LogP contribution in [0.1, 0.15) is 46.0 Å². The van der Waals surface area contributed by atoms with E-state index in [0.29, 0.717) is 6.42 Å². The maximum atomic E-state index is 12.8. The summed E-state index contributed by atoms with van der Waals surface area (Å²) >= 11 is 0. The smallest absolute Gasteiger partial charge is 0.326 e. The highest BCUT2D eigenvalue weighted by Crippen LogP contribution is 2.08. The van der Waals surface area contributed by atoms with E-state index in [4.69, 9.17) is 22.9 Å². The van der Waals surface area contributed by atoms with E-state index in [-0.39, 0.29) is 31.3 Å². The zero-order valence-corrected chi connectivity index (χ0v) is 20.2. The first kappa shape index (κ1) is 32.0. The van der Waals surface area contributed by atoms with Crippen molar-refractivity contribution in [2.75, 3.05) is 6.54 Å². The van der Waals surface area contributed by atoms with E-state index in [1.165, 1.54) is 0 Å². The Morgan fingerprint density at radius 3 is 1.81 bits per heavy atom. The second-order valence-corrected chi connectivity index (χ2v) is 8.47. The van der Waals surface area contributed by atoms with Crippen LogP contribution in [0, 0.1) is 5.92 Å². The van der Waals surface area contributed by atoms with Crippen LogP contribution in [0.2, 0.25) is 0 Å². The number of carbonyl (C=O) groups is 6. The average Bonchev–Trinajstić information content (AvgIpc) is 2.73. The Morgan fingerprint density at radius 1 is 0.806 bits per heavy atom. The Kier molecular flexibility index (Phi) is 14.1. The van der Waals surface area contributed by atoms with Gasteiger partial charge in [-0.25, -0.2) is 4.79 Å². The largest absolute Gasteiger partial charge is 0.481 e. The predicted molar refractivity (Wildman–Crippen MR) is 127 cm³/mol. The van der Waals surface area contributed by atoms with E-state index in [1.807, 2.05) is 0 Å². The van der Waals surface area contributed by atoms with E-state index in [1.54, 1.807) is 13.8 Å². The number of hydrogen-bond acceptors (Lipinski definition) is 8. The van der Waals surface area contributed by atoms with E-state index < -0.39 is 72.6 Å². The molecule has 0 aromatic rings. The summed E-state index contributed by atoms with van der Waals surface area (Å²) in [4.78, 5) is 75.4. The summed E-state index contributed by atoms with van der Waals surface area (Å²) in [6.45, 7) is 3.66. The minimum atomic E-state index is -1.63. The number of nitrogens with zero attached hydrogens (tertiary/aromatic N) is 1. The molecule has 16 heteroatoms. The Morgan fingerprint density at radius 2 is 1.33 bits per heavy atom. The van der Waals surface area contributed by atoms with Crippen LogP contribution in [-0.2, 0) is 28.8 Å². The molecular weight excluding hydrogens is 480 g/mol. The molecule has 0 fully saturated rings. The van der Waals surface area contributed by atoms with Crippen LogP contribution in [0.25, 0.3) is 0 Å². The Balaban J connectivity index is 5.44. The zero-order chi connectivity index (χ0) is 28.0. The molecule has 0 saturated heterocycles. The molecule has 4 amide bonds. The quantitative estimate of drug-likeness (QED) is 0.0514. The standard InChI is InChI=1S/C20H36N8O8/c1-9(2)6-11(17(33)28-13(19(35)36)7-14(22)29)27-18(34)12(8-15(30)31)26-16(32)10(21)4-3-5-25-20(23)24/h9-13H,3-8,21H2,1-2H3,(H2,22,29)(H,26,32)(H,27,34)(H,28,33)(H,30,31)(H,35,36)(H4,23,24,25). The van der Waals surface area contributed by atoms with Crippen molar-refractivity contribution >= 4 is 41.5 Å². The minimum Gasteiger partial charge on any atom is -0.481 e. The maximum Gasteiger partial charge on any atom is 0.326 e. The fourth-order valence-corrected chi connectivity index (χ4v) is 2.96. The molecule has 0 aliphatic carbocycles. The first-order valence-corrected chi connectivity index (χ1v) is 11.1. The lowest BCUT2D eigenvalue weighted by Gasteiger charge is -2.25. The van der Waals surface area contributed by atoms with Gasteiger partial charge in [0.1, 0.15) is 18.1 Å². The summed E-state index contributed by atoms with van der Waals surface area (Å²) < 4.78 is 0. The summed E-state index contributed by atoms with van der Waals surface area (Å²) in [5.74, 6) is -6.91. The fourth-order valence-electron chi connectivity index (χ4n) is 2.96. The number of carboxylic acid groups (broad SMARTS) is 2. The van der Waals surface area contributed by atoms with Crippen LogP contribution in [-0.4, -0.2) is 82.5 Å². The van der Waals surface area contributed by atoms with Gasteiger partial charge in [0.25, 0.3) is 0 Å². The molecule has 4 atom stereocenters. The Hall–Kier alpha value is -3.95. The summed E-state index contributed by atoms with van der Waals surface area (Å²) in [5.41, 5.74) is 21.2. The van der Waals surface area contributed by atoms with E-state index in [2.05, 4.69) is 20.9 Å². The number of nitrogens with one attached hydrogen (secondary N) is 3. The molecule has 0 aliphatic heterocycles. The third-order valence-corrected chi connectivity index (χ3v) is 4.68. The average molecular weight is 517 g/mol. The van der Waals surface area contributed by atoms with Gasteiger partial charge in [0, 0.05) is 6.54 Å². The predicted octanol–water partition coefficient (Wildman–Crippen LogP) is -3.70. The van der Waals surface area contributed by atoms with Gasteiger partial charge < -0.3 is 49.1 Å². The van der Waals surface area contributed by atoms with Crippen LogP contribution in [0.5, 0.6) is 0 Å². The van der Waals surface area contributed by atoms with Gasteiger partial charge in [0.2, 0.25) is 23.6 Å². The number of carboxylic acids is 2. The lowest BCUT2D eigenvalue weighted by molar-refractivity contribution is -0.144. The maximum absolute atomic E-state index is 12.8. The highest BCUT2D eigenvalue weighted by atomic mass is 16.4. The van der Waals surface area contributed by atoms with Crippen molar-refractivity contribution < 1.29 is 39.0 Å². The second kappa shape index (κ2) is 15.9. The number of aliphatic carboxylic acids is 2. The van der Waals surface area contributed by atoms with Gasteiger partial charge in [-0.3, -0.25) is 29.0 Å². The molecule has 0 spiro atoms. The van der Waals surface area contributed by atoms with Crippen molar-refractivity contribution in [3.05, 3.63) is 0 Å². The van der Waals surface area contributed by atoms with Crippen LogP contribution in [0.4, 0.5) is 0 Å².